The third-order valence-corrected chi connectivity index (χ3v) is 12.7. The molecule has 0 aromatic carbocycles. The fourth-order valence-corrected chi connectivity index (χ4v) is 8.48. The lowest BCUT2D eigenvalue weighted by Crippen LogP contribution is -2.46. The zero-order chi connectivity index (χ0) is 46.7. The highest BCUT2D eigenvalue weighted by Crippen LogP contribution is 2.18. The van der Waals surface area contributed by atoms with E-state index in [1.165, 1.54) is 154 Å². The zero-order valence-corrected chi connectivity index (χ0v) is 42.7. The highest BCUT2D eigenvalue weighted by Gasteiger charge is 2.24. The average Bonchev–Trinajstić information content (AvgIpc) is 3.29. The number of unbranched alkanes of at least 4 members (excludes halogenated alkanes) is 30. The van der Waals surface area contributed by atoms with E-state index >= 15 is 0 Å². The molecule has 6 heteroatoms. The predicted octanol–water partition coefficient (Wildman–Crippen LogP) is 17.0. The van der Waals surface area contributed by atoms with Crippen LogP contribution in [0.3, 0.4) is 0 Å². The molecule has 0 saturated heterocycles. The van der Waals surface area contributed by atoms with Crippen LogP contribution in [-0.4, -0.2) is 46.9 Å². The SMILES string of the molecule is CC/C=C/C/C=C/C/C=C/C/C=C/CCCCCC(=O)OC(CCCCCCCCCCCCCCC)CC(=O)NC(CO)C(O)CCCCCCCCCCCCCCCCCC. The first-order valence-electron chi connectivity index (χ1n) is 27.9. The highest BCUT2D eigenvalue weighted by atomic mass is 16.5. The van der Waals surface area contributed by atoms with E-state index in [-0.39, 0.29) is 24.9 Å². The van der Waals surface area contributed by atoms with Crippen molar-refractivity contribution in [2.75, 3.05) is 6.61 Å². The topological polar surface area (TPSA) is 95.9 Å². The number of carbonyl (C=O) groups excluding carboxylic acids is 2. The second kappa shape index (κ2) is 51.8. The molecule has 0 bridgehead atoms. The Morgan fingerprint density at radius 1 is 0.469 bits per heavy atom. The summed E-state index contributed by atoms with van der Waals surface area (Å²) in [6.07, 6.45) is 63.1. The maximum absolute atomic E-state index is 13.2. The van der Waals surface area contributed by atoms with E-state index in [0.717, 1.165) is 83.5 Å². The molecular weight excluding hydrogens is 791 g/mol. The predicted molar refractivity (Wildman–Crippen MR) is 278 cm³/mol. The molecule has 0 spiro atoms. The lowest BCUT2D eigenvalue weighted by Gasteiger charge is -2.24. The van der Waals surface area contributed by atoms with Gasteiger partial charge in [0.2, 0.25) is 5.91 Å². The van der Waals surface area contributed by atoms with Crippen LogP contribution in [0.2, 0.25) is 0 Å². The standard InChI is InChI=1S/C58H107NO5/c1-4-7-10-13-16-19-22-25-27-29-32-35-38-41-44-47-50-56(61)55(53-60)59-57(62)52-54(49-46-43-40-37-34-31-24-21-18-15-12-9-6-3)64-58(63)51-48-45-42-39-36-33-30-28-26-23-20-17-14-11-8-5-2/h8,11,17,20,26,28,33,36,54-56,60-61H,4-7,9-10,12-16,18-19,21-25,27,29-32,34-35,37-53H2,1-3H3,(H,59,62)/b11-8+,20-17+,28-26+,36-33+. The van der Waals surface area contributed by atoms with Crippen molar-refractivity contribution in [2.24, 2.45) is 0 Å². The van der Waals surface area contributed by atoms with Crippen molar-refractivity contribution in [1.82, 2.24) is 5.32 Å². The maximum Gasteiger partial charge on any atom is 0.306 e. The molecule has 0 aliphatic heterocycles. The van der Waals surface area contributed by atoms with E-state index in [4.69, 9.17) is 4.74 Å². The molecule has 0 fully saturated rings. The van der Waals surface area contributed by atoms with Crippen LogP contribution in [0, 0.1) is 0 Å². The van der Waals surface area contributed by atoms with Crippen molar-refractivity contribution in [1.29, 1.82) is 0 Å². The minimum Gasteiger partial charge on any atom is -0.462 e. The van der Waals surface area contributed by atoms with Crippen molar-refractivity contribution in [2.45, 2.75) is 302 Å². The fourth-order valence-electron chi connectivity index (χ4n) is 8.48. The molecule has 374 valence electrons. The number of ether oxygens (including phenoxy) is 1. The van der Waals surface area contributed by atoms with Gasteiger partial charge >= 0.3 is 5.97 Å². The lowest BCUT2D eigenvalue weighted by molar-refractivity contribution is -0.151. The number of rotatable bonds is 50. The van der Waals surface area contributed by atoms with Gasteiger partial charge in [0.25, 0.3) is 0 Å². The number of aliphatic hydroxyl groups is 2. The van der Waals surface area contributed by atoms with E-state index in [9.17, 15) is 19.8 Å². The van der Waals surface area contributed by atoms with E-state index in [2.05, 4.69) is 74.7 Å². The smallest absolute Gasteiger partial charge is 0.306 e. The summed E-state index contributed by atoms with van der Waals surface area (Å²) >= 11 is 0. The van der Waals surface area contributed by atoms with Crippen molar-refractivity contribution in [3.05, 3.63) is 48.6 Å². The Balaban J connectivity index is 4.56. The van der Waals surface area contributed by atoms with Crippen LogP contribution in [0.1, 0.15) is 284 Å². The monoisotopic (exact) mass is 898 g/mol. The summed E-state index contributed by atoms with van der Waals surface area (Å²) in [7, 11) is 0. The number of nitrogens with one attached hydrogen (secondary N) is 1. The van der Waals surface area contributed by atoms with Gasteiger partial charge in [0.1, 0.15) is 6.10 Å². The average molecular weight is 898 g/mol. The summed E-state index contributed by atoms with van der Waals surface area (Å²) in [5.41, 5.74) is 0. The van der Waals surface area contributed by atoms with Crippen LogP contribution in [0.4, 0.5) is 0 Å². The van der Waals surface area contributed by atoms with Gasteiger partial charge in [-0.3, -0.25) is 9.59 Å². The quantitative estimate of drug-likeness (QED) is 0.0321. The molecule has 0 radical (unpaired) electrons. The van der Waals surface area contributed by atoms with E-state index in [1.54, 1.807) is 0 Å². The van der Waals surface area contributed by atoms with Crippen LogP contribution in [0.5, 0.6) is 0 Å². The number of amides is 1. The van der Waals surface area contributed by atoms with Gasteiger partial charge in [-0.25, -0.2) is 0 Å². The summed E-state index contributed by atoms with van der Waals surface area (Å²) in [5.74, 6) is -0.499. The molecule has 6 nitrogen and oxygen atoms in total. The minimum absolute atomic E-state index is 0.0676. The Kier molecular flexibility index (Phi) is 50.0. The van der Waals surface area contributed by atoms with Crippen molar-refractivity contribution in [3.63, 3.8) is 0 Å². The van der Waals surface area contributed by atoms with Crippen molar-refractivity contribution in [3.8, 4) is 0 Å². The molecule has 0 aromatic rings. The molecule has 64 heavy (non-hydrogen) atoms. The Bertz CT molecular complexity index is 1100. The Hall–Kier alpha value is -2.18. The number of hydrogen-bond acceptors (Lipinski definition) is 5. The van der Waals surface area contributed by atoms with Crippen LogP contribution in [0.15, 0.2) is 48.6 Å². The molecule has 0 aliphatic rings. The number of carbonyl (C=O) groups is 2. The highest BCUT2D eigenvalue weighted by molar-refractivity contribution is 5.77. The van der Waals surface area contributed by atoms with Crippen LogP contribution >= 0.6 is 0 Å². The van der Waals surface area contributed by atoms with E-state index < -0.39 is 18.2 Å². The van der Waals surface area contributed by atoms with Gasteiger partial charge in [-0.1, -0.05) is 256 Å². The summed E-state index contributed by atoms with van der Waals surface area (Å²) in [6.45, 7) is 6.39. The minimum atomic E-state index is -0.792. The van der Waals surface area contributed by atoms with Gasteiger partial charge in [-0.2, -0.15) is 0 Å². The Morgan fingerprint density at radius 2 is 0.844 bits per heavy atom. The third kappa shape index (κ3) is 46.4. The molecule has 0 aromatic heterocycles. The van der Waals surface area contributed by atoms with Crippen LogP contribution < -0.4 is 5.32 Å². The molecule has 0 saturated carbocycles. The summed E-state index contributed by atoms with van der Waals surface area (Å²) in [6, 6.07) is -0.707. The summed E-state index contributed by atoms with van der Waals surface area (Å²) < 4.78 is 5.94. The molecule has 0 aliphatic carbocycles. The second-order valence-corrected chi connectivity index (χ2v) is 19.0. The Labute approximate surface area is 397 Å². The number of aliphatic hydroxyl groups excluding tert-OH is 2. The van der Waals surface area contributed by atoms with Crippen molar-refractivity contribution < 1.29 is 24.5 Å². The molecule has 0 heterocycles. The molecular formula is C58H107NO5. The Morgan fingerprint density at radius 3 is 1.27 bits per heavy atom. The molecule has 0 rings (SSSR count). The van der Waals surface area contributed by atoms with Crippen molar-refractivity contribution >= 4 is 11.9 Å². The molecule has 3 atom stereocenters. The third-order valence-electron chi connectivity index (χ3n) is 12.7. The van der Waals surface area contributed by atoms with E-state index in [1.807, 2.05) is 0 Å². The maximum atomic E-state index is 13.2. The first kappa shape index (κ1) is 61.8. The molecule has 3 N–H and O–H groups in total. The van der Waals surface area contributed by atoms with Gasteiger partial charge in [0.15, 0.2) is 0 Å². The first-order chi connectivity index (χ1) is 31.5. The van der Waals surface area contributed by atoms with Crippen LogP contribution in [0.25, 0.3) is 0 Å². The lowest BCUT2D eigenvalue weighted by atomic mass is 10.0. The summed E-state index contributed by atoms with van der Waals surface area (Å²) in [5, 5.41) is 23.9. The normalized spacial score (nSPS) is 13.5. The fraction of sp³-hybridized carbons (Fsp3) is 0.828. The zero-order valence-electron chi connectivity index (χ0n) is 42.7. The van der Waals surface area contributed by atoms with Gasteiger partial charge in [0, 0.05) is 6.42 Å². The number of hydrogen-bond donors (Lipinski definition) is 3. The van der Waals surface area contributed by atoms with E-state index in [0.29, 0.717) is 19.3 Å². The van der Waals surface area contributed by atoms with Gasteiger partial charge in [0.05, 0.1) is 25.2 Å². The largest absolute Gasteiger partial charge is 0.462 e. The van der Waals surface area contributed by atoms with Gasteiger partial charge in [-0.05, 0) is 64.2 Å². The number of allylic oxidation sites excluding steroid dienone is 8. The second-order valence-electron chi connectivity index (χ2n) is 19.0. The number of esters is 1. The molecule has 3 unspecified atom stereocenters. The first-order valence-corrected chi connectivity index (χ1v) is 27.9. The van der Waals surface area contributed by atoms with Crippen LogP contribution in [-0.2, 0) is 14.3 Å². The van der Waals surface area contributed by atoms with Gasteiger partial charge in [-0.15, -0.1) is 0 Å². The van der Waals surface area contributed by atoms with Gasteiger partial charge < -0.3 is 20.3 Å². The molecule has 1 amide bonds. The summed E-state index contributed by atoms with van der Waals surface area (Å²) in [4.78, 5) is 26.2.